The molecule has 21 heavy (non-hydrogen) atoms. The summed E-state index contributed by atoms with van der Waals surface area (Å²) in [6.45, 7) is 1.57. The van der Waals surface area contributed by atoms with Gasteiger partial charge in [-0.1, -0.05) is 23.7 Å². The molecule has 0 saturated carbocycles. The lowest BCUT2D eigenvalue weighted by molar-refractivity contribution is 0.237. The Balaban J connectivity index is 2.52. The van der Waals surface area contributed by atoms with Crippen LogP contribution in [0, 0.1) is 5.82 Å². The van der Waals surface area contributed by atoms with Crippen molar-refractivity contribution in [3.63, 3.8) is 0 Å². The molecule has 7 heteroatoms. The Hall–Kier alpha value is -1.50. The van der Waals surface area contributed by atoms with E-state index in [0.717, 1.165) is 6.26 Å². The molecule has 0 aliphatic carbocycles. The normalized spacial score (nSPS) is 13.1. The van der Waals surface area contributed by atoms with Crippen molar-refractivity contribution in [2.24, 2.45) is 0 Å². The van der Waals surface area contributed by atoms with E-state index in [-0.39, 0.29) is 11.0 Å². The van der Waals surface area contributed by atoms with Gasteiger partial charge in [-0.2, -0.15) is 8.42 Å². The summed E-state index contributed by atoms with van der Waals surface area (Å²) >= 11 is 6.07. The van der Waals surface area contributed by atoms with Crippen molar-refractivity contribution >= 4 is 21.7 Å². The molecule has 1 atom stereocenters. The van der Waals surface area contributed by atoms with Gasteiger partial charge in [0.25, 0.3) is 10.1 Å². The summed E-state index contributed by atoms with van der Waals surface area (Å²) < 4.78 is 40.6. The van der Waals surface area contributed by atoms with Crippen LogP contribution >= 0.6 is 11.6 Å². The molecule has 0 fully saturated rings. The fraction of sp³-hybridized carbons (Fsp3) is 0.214. The minimum absolute atomic E-state index is 0.146. The fourth-order valence-electron chi connectivity index (χ4n) is 2.03. The van der Waals surface area contributed by atoms with Gasteiger partial charge in [0.1, 0.15) is 17.1 Å². The van der Waals surface area contributed by atoms with Gasteiger partial charge in [0.15, 0.2) is 0 Å². The molecule has 112 valence electrons. The predicted molar refractivity (Wildman–Crippen MR) is 79.0 cm³/mol. The zero-order chi connectivity index (χ0) is 15.6. The van der Waals surface area contributed by atoms with Crippen LogP contribution in [0.15, 0.2) is 36.5 Å². The number of benzene rings is 1. The Kier molecular flexibility index (Phi) is 4.61. The SMILES string of the molecule is CC(OS(C)(=O)=O)c1c(-c2ccc(F)cc2)ccnc1Cl. The lowest BCUT2D eigenvalue weighted by Crippen LogP contribution is -2.09. The van der Waals surface area contributed by atoms with E-state index in [1.54, 1.807) is 25.1 Å². The maximum absolute atomic E-state index is 13.0. The third-order valence-corrected chi connectivity index (χ3v) is 3.76. The summed E-state index contributed by atoms with van der Waals surface area (Å²) in [6, 6.07) is 7.47. The van der Waals surface area contributed by atoms with Gasteiger partial charge >= 0.3 is 0 Å². The van der Waals surface area contributed by atoms with E-state index in [1.165, 1.54) is 18.3 Å². The lowest BCUT2D eigenvalue weighted by atomic mass is 9.99. The first-order valence-corrected chi connectivity index (χ1v) is 8.26. The van der Waals surface area contributed by atoms with Gasteiger partial charge in [0.2, 0.25) is 0 Å². The molecule has 0 amide bonds. The van der Waals surface area contributed by atoms with Gasteiger partial charge in [0.05, 0.1) is 6.26 Å². The summed E-state index contributed by atoms with van der Waals surface area (Å²) in [7, 11) is -3.64. The van der Waals surface area contributed by atoms with Crippen LogP contribution in [0.25, 0.3) is 11.1 Å². The van der Waals surface area contributed by atoms with Crippen molar-refractivity contribution in [1.82, 2.24) is 4.98 Å². The first kappa shape index (κ1) is 15.9. The highest BCUT2D eigenvalue weighted by molar-refractivity contribution is 7.86. The molecular formula is C14H13ClFNO3S. The van der Waals surface area contributed by atoms with Crippen molar-refractivity contribution < 1.29 is 17.0 Å². The second-order valence-electron chi connectivity index (χ2n) is 4.51. The van der Waals surface area contributed by atoms with E-state index >= 15 is 0 Å². The number of aromatic nitrogens is 1. The smallest absolute Gasteiger partial charge is 0.262 e. The van der Waals surface area contributed by atoms with Crippen LogP contribution in [0.3, 0.4) is 0 Å². The number of hydrogen-bond donors (Lipinski definition) is 0. The molecule has 1 heterocycles. The van der Waals surface area contributed by atoms with E-state index in [9.17, 15) is 12.8 Å². The van der Waals surface area contributed by atoms with Crippen molar-refractivity contribution in [3.8, 4) is 11.1 Å². The van der Waals surface area contributed by atoms with Crippen LogP contribution in [0.4, 0.5) is 4.39 Å². The Morgan fingerprint density at radius 3 is 2.43 bits per heavy atom. The van der Waals surface area contributed by atoms with Crippen molar-refractivity contribution in [2.45, 2.75) is 13.0 Å². The molecule has 4 nitrogen and oxygen atoms in total. The first-order chi connectivity index (χ1) is 9.78. The monoisotopic (exact) mass is 329 g/mol. The average molecular weight is 330 g/mol. The minimum Gasteiger partial charge on any atom is -0.262 e. The molecule has 2 aromatic rings. The third kappa shape index (κ3) is 4.00. The highest BCUT2D eigenvalue weighted by Crippen LogP contribution is 2.34. The van der Waals surface area contributed by atoms with E-state index < -0.39 is 16.2 Å². The van der Waals surface area contributed by atoms with Crippen LogP contribution in [0.1, 0.15) is 18.6 Å². The molecule has 0 saturated heterocycles. The Bertz CT molecular complexity index is 747. The topological polar surface area (TPSA) is 56.3 Å². The summed E-state index contributed by atoms with van der Waals surface area (Å²) in [5.74, 6) is -0.360. The zero-order valence-electron chi connectivity index (χ0n) is 11.4. The Labute approximate surface area is 127 Å². The molecule has 0 N–H and O–H groups in total. The standard InChI is InChI=1S/C14H13ClFNO3S/c1-9(20-21(2,18)19)13-12(7-8-17-14(13)15)10-3-5-11(16)6-4-10/h3-9H,1-2H3. The zero-order valence-corrected chi connectivity index (χ0v) is 13.0. The number of nitrogens with zero attached hydrogens (tertiary/aromatic N) is 1. The summed E-state index contributed by atoms with van der Waals surface area (Å²) in [5.41, 5.74) is 1.78. The minimum atomic E-state index is -3.64. The number of hydrogen-bond acceptors (Lipinski definition) is 4. The number of halogens is 2. The van der Waals surface area contributed by atoms with E-state index in [1.807, 2.05) is 0 Å². The Morgan fingerprint density at radius 1 is 1.24 bits per heavy atom. The maximum Gasteiger partial charge on any atom is 0.264 e. The fourth-order valence-corrected chi connectivity index (χ4v) is 2.96. The predicted octanol–water partition coefficient (Wildman–Crippen LogP) is 3.58. The summed E-state index contributed by atoms with van der Waals surface area (Å²) in [6.07, 6.45) is 1.66. The van der Waals surface area contributed by atoms with Gasteiger partial charge in [0, 0.05) is 11.8 Å². The second kappa shape index (κ2) is 6.09. The largest absolute Gasteiger partial charge is 0.264 e. The molecule has 1 unspecified atom stereocenters. The van der Waals surface area contributed by atoms with Crippen molar-refractivity contribution in [1.29, 1.82) is 0 Å². The second-order valence-corrected chi connectivity index (χ2v) is 6.47. The van der Waals surface area contributed by atoms with Crippen molar-refractivity contribution in [2.75, 3.05) is 6.26 Å². The molecule has 0 aliphatic rings. The molecule has 2 rings (SSSR count). The highest BCUT2D eigenvalue weighted by atomic mass is 35.5. The molecule has 0 bridgehead atoms. The molecule has 1 aromatic heterocycles. The van der Waals surface area contributed by atoms with Gasteiger partial charge in [-0.25, -0.2) is 9.37 Å². The van der Waals surface area contributed by atoms with Gasteiger partial charge < -0.3 is 0 Å². The quantitative estimate of drug-likeness (QED) is 0.635. The lowest BCUT2D eigenvalue weighted by Gasteiger charge is -2.17. The highest BCUT2D eigenvalue weighted by Gasteiger charge is 2.20. The van der Waals surface area contributed by atoms with Crippen LogP contribution in [-0.2, 0) is 14.3 Å². The first-order valence-electron chi connectivity index (χ1n) is 6.06. The number of rotatable bonds is 4. The van der Waals surface area contributed by atoms with Gasteiger partial charge in [-0.15, -0.1) is 0 Å². The van der Waals surface area contributed by atoms with Crippen LogP contribution in [-0.4, -0.2) is 19.7 Å². The third-order valence-electron chi connectivity index (χ3n) is 2.82. The van der Waals surface area contributed by atoms with Gasteiger partial charge in [-0.3, -0.25) is 4.18 Å². The van der Waals surface area contributed by atoms with E-state index in [4.69, 9.17) is 15.8 Å². The van der Waals surface area contributed by atoms with Crippen LogP contribution in [0.2, 0.25) is 5.15 Å². The molecule has 0 aliphatic heterocycles. The summed E-state index contributed by atoms with van der Waals surface area (Å²) in [4.78, 5) is 3.95. The molecule has 1 aromatic carbocycles. The van der Waals surface area contributed by atoms with Crippen LogP contribution in [0.5, 0.6) is 0 Å². The van der Waals surface area contributed by atoms with Gasteiger partial charge in [-0.05, 0) is 36.2 Å². The summed E-state index contributed by atoms with van der Waals surface area (Å²) in [5, 5.41) is 0.146. The van der Waals surface area contributed by atoms with E-state index in [2.05, 4.69) is 4.98 Å². The van der Waals surface area contributed by atoms with Crippen LogP contribution < -0.4 is 0 Å². The van der Waals surface area contributed by atoms with E-state index in [0.29, 0.717) is 16.7 Å². The number of pyridine rings is 1. The Morgan fingerprint density at radius 2 is 1.86 bits per heavy atom. The van der Waals surface area contributed by atoms with Crippen molar-refractivity contribution in [3.05, 3.63) is 53.1 Å². The molecule has 0 radical (unpaired) electrons. The maximum atomic E-state index is 13.0. The average Bonchev–Trinajstić information content (AvgIpc) is 2.37. The molecule has 0 spiro atoms. The molecular weight excluding hydrogens is 317 g/mol.